The second kappa shape index (κ2) is 8.09. The SMILES string of the molecule is COc1ccc(SN2CCN(c3nc(C)cc(SC)n3)CC2)cc1. The van der Waals surface area contributed by atoms with E-state index in [9.17, 15) is 0 Å². The Morgan fingerprint density at radius 3 is 2.38 bits per heavy atom. The topological polar surface area (TPSA) is 41.5 Å². The fraction of sp³-hybridized carbons (Fsp3) is 0.412. The van der Waals surface area contributed by atoms with Gasteiger partial charge < -0.3 is 9.64 Å². The minimum absolute atomic E-state index is 0.855. The average molecular weight is 363 g/mol. The van der Waals surface area contributed by atoms with Crippen LogP contribution in [0.3, 0.4) is 0 Å². The van der Waals surface area contributed by atoms with E-state index in [0.717, 1.165) is 48.6 Å². The highest BCUT2D eigenvalue weighted by Gasteiger charge is 2.20. The second-order valence-electron chi connectivity index (χ2n) is 5.53. The predicted molar refractivity (Wildman–Crippen MR) is 101 cm³/mol. The fourth-order valence-corrected chi connectivity index (χ4v) is 3.90. The molecule has 1 aromatic heterocycles. The number of hydrogen-bond donors (Lipinski definition) is 0. The largest absolute Gasteiger partial charge is 0.497 e. The van der Waals surface area contributed by atoms with Gasteiger partial charge in [0.1, 0.15) is 10.8 Å². The summed E-state index contributed by atoms with van der Waals surface area (Å²) in [5.74, 6) is 1.75. The van der Waals surface area contributed by atoms with Crippen molar-refractivity contribution in [3.05, 3.63) is 36.0 Å². The van der Waals surface area contributed by atoms with Gasteiger partial charge in [0.2, 0.25) is 5.95 Å². The molecule has 0 atom stereocenters. The first-order chi connectivity index (χ1) is 11.7. The van der Waals surface area contributed by atoms with Crippen molar-refractivity contribution in [2.45, 2.75) is 16.8 Å². The Labute approximate surface area is 151 Å². The van der Waals surface area contributed by atoms with Crippen LogP contribution in [0.4, 0.5) is 5.95 Å². The first-order valence-electron chi connectivity index (χ1n) is 7.89. The van der Waals surface area contributed by atoms with Crippen molar-refractivity contribution in [1.29, 1.82) is 0 Å². The first kappa shape index (κ1) is 17.4. The van der Waals surface area contributed by atoms with E-state index >= 15 is 0 Å². The predicted octanol–water partition coefficient (Wildman–Crippen LogP) is 3.34. The monoisotopic (exact) mass is 362 g/mol. The van der Waals surface area contributed by atoms with Crippen LogP contribution < -0.4 is 9.64 Å². The Morgan fingerprint density at radius 2 is 1.75 bits per heavy atom. The molecule has 1 aromatic carbocycles. The van der Waals surface area contributed by atoms with Crippen molar-refractivity contribution >= 4 is 29.7 Å². The van der Waals surface area contributed by atoms with Crippen LogP contribution in [0.2, 0.25) is 0 Å². The number of ether oxygens (including phenoxy) is 1. The summed E-state index contributed by atoms with van der Waals surface area (Å²) in [7, 11) is 1.69. The first-order valence-corrected chi connectivity index (χ1v) is 9.89. The molecule has 0 radical (unpaired) electrons. The minimum atomic E-state index is 0.855. The molecule has 2 aromatic rings. The third-order valence-corrected chi connectivity index (χ3v) is 5.58. The van der Waals surface area contributed by atoms with Crippen LogP contribution >= 0.6 is 23.7 Å². The Morgan fingerprint density at radius 1 is 1.04 bits per heavy atom. The van der Waals surface area contributed by atoms with E-state index in [1.807, 2.05) is 25.1 Å². The normalized spacial score (nSPS) is 15.5. The van der Waals surface area contributed by atoms with E-state index in [2.05, 4.69) is 37.6 Å². The van der Waals surface area contributed by atoms with Crippen LogP contribution in [0.15, 0.2) is 40.3 Å². The summed E-state index contributed by atoms with van der Waals surface area (Å²) in [4.78, 5) is 12.8. The van der Waals surface area contributed by atoms with Gasteiger partial charge in [0.15, 0.2) is 0 Å². The molecule has 0 amide bonds. The molecule has 1 saturated heterocycles. The van der Waals surface area contributed by atoms with Crippen molar-refractivity contribution in [3.8, 4) is 5.75 Å². The molecule has 1 aliphatic rings. The number of aryl methyl sites for hydroxylation is 1. The molecule has 24 heavy (non-hydrogen) atoms. The molecule has 0 unspecified atom stereocenters. The number of anilines is 1. The van der Waals surface area contributed by atoms with Crippen molar-refractivity contribution in [3.63, 3.8) is 0 Å². The van der Waals surface area contributed by atoms with Gasteiger partial charge in [-0.2, -0.15) is 0 Å². The number of aromatic nitrogens is 2. The highest BCUT2D eigenvalue weighted by molar-refractivity contribution is 7.98. The molecule has 1 fully saturated rings. The Kier molecular flexibility index (Phi) is 5.86. The fourth-order valence-electron chi connectivity index (χ4n) is 2.54. The molecule has 1 aliphatic heterocycles. The molecule has 128 valence electrons. The lowest BCUT2D eigenvalue weighted by molar-refractivity contribution is 0.414. The molecule has 0 saturated carbocycles. The van der Waals surface area contributed by atoms with Gasteiger partial charge in [0.05, 0.1) is 7.11 Å². The summed E-state index contributed by atoms with van der Waals surface area (Å²) in [6.07, 6.45) is 2.05. The van der Waals surface area contributed by atoms with Gasteiger partial charge >= 0.3 is 0 Å². The molecular formula is C17H22N4OS2. The molecule has 7 heteroatoms. The van der Waals surface area contributed by atoms with Gasteiger partial charge in [-0.15, -0.1) is 11.8 Å². The molecular weight excluding hydrogens is 340 g/mol. The van der Waals surface area contributed by atoms with E-state index in [4.69, 9.17) is 4.74 Å². The number of rotatable bonds is 5. The van der Waals surface area contributed by atoms with Gasteiger partial charge in [-0.05, 0) is 55.5 Å². The maximum Gasteiger partial charge on any atom is 0.226 e. The highest BCUT2D eigenvalue weighted by Crippen LogP contribution is 2.27. The number of benzene rings is 1. The molecule has 3 rings (SSSR count). The highest BCUT2D eigenvalue weighted by atomic mass is 32.2. The maximum absolute atomic E-state index is 5.21. The Balaban J connectivity index is 1.58. The molecule has 5 nitrogen and oxygen atoms in total. The third-order valence-electron chi connectivity index (χ3n) is 3.84. The van der Waals surface area contributed by atoms with Gasteiger partial charge in [-0.1, -0.05) is 0 Å². The average Bonchev–Trinajstić information content (AvgIpc) is 2.62. The number of nitrogens with zero attached hydrogens (tertiary/aromatic N) is 4. The number of hydrogen-bond acceptors (Lipinski definition) is 7. The number of methoxy groups -OCH3 is 1. The zero-order valence-electron chi connectivity index (χ0n) is 14.2. The van der Waals surface area contributed by atoms with Crippen LogP contribution in [0, 0.1) is 6.92 Å². The van der Waals surface area contributed by atoms with Crippen LogP contribution in [0.25, 0.3) is 0 Å². The summed E-state index contributed by atoms with van der Waals surface area (Å²) in [6.45, 7) is 5.90. The zero-order valence-corrected chi connectivity index (χ0v) is 15.9. The molecule has 0 aliphatic carbocycles. The summed E-state index contributed by atoms with van der Waals surface area (Å²) in [5.41, 5.74) is 1.03. The molecule has 2 heterocycles. The Hall–Kier alpha value is -1.44. The Bertz CT molecular complexity index is 673. The van der Waals surface area contributed by atoms with Crippen LogP contribution in [0.5, 0.6) is 5.75 Å². The molecule has 0 bridgehead atoms. The minimum Gasteiger partial charge on any atom is -0.497 e. The van der Waals surface area contributed by atoms with Crippen molar-refractivity contribution in [1.82, 2.24) is 14.3 Å². The standard InChI is InChI=1S/C17H22N4OS2/c1-13-12-16(23-3)19-17(18-13)20-8-10-21(11-9-20)24-15-6-4-14(22-2)5-7-15/h4-7,12H,8-11H2,1-3H3. The van der Waals surface area contributed by atoms with Crippen molar-refractivity contribution in [2.75, 3.05) is 44.4 Å². The van der Waals surface area contributed by atoms with E-state index in [-0.39, 0.29) is 0 Å². The second-order valence-corrected chi connectivity index (χ2v) is 7.53. The molecule has 0 N–H and O–H groups in total. The van der Waals surface area contributed by atoms with Crippen molar-refractivity contribution in [2.24, 2.45) is 0 Å². The van der Waals surface area contributed by atoms with Gasteiger partial charge in [0, 0.05) is 36.8 Å². The summed E-state index contributed by atoms with van der Waals surface area (Å²) < 4.78 is 7.60. The summed E-state index contributed by atoms with van der Waals surface area (Å²) in [5, 5.41) is 1.03. The van der Waals surface area contributed by atoms with E-state index < -0.39 is 0 Å². The van der Waals surface area contributed by atoms with E-state index in [0.29, 0.717) is 0 Å². The smallest absolute Gasteiger partial charge is 0.226 e. The molecule has 0 spiro atoms. The van der Waals surface area contributed by atoms with Gasteiger partial charge in [-0.3, -0.25) is 0 Å². The lowest BCUT2D eigenvalue weighted by atomic mass is 10.3. The number of thioether (sulfide) groups is 1. The van der Waals surface area contributed by atoms with E-state index in [1.54, 1.807) is 30.8 Å². The van der Waals surface area contributed by atoms with E-state index in [1.165, 1.54) is 4.90 Å². The number of piperazine rings is 1. The summed E-state index contributed by atoms with van der Waals surface area (Å²) in [6, 6.07) is 10.2. The summed E-state index contributed by atoms with van der Waals surface area (Å²) >= 11 is 3.46. The lowest BCUT2D eigenvalue weighted by Gasteiger charge is -2.34. The third kappa shape index (κ3) is 4.34. The van der Waals surface area contributed by atoms with Crippen LogP contribution in [0.1, 0.15) is 5.69 Å². The quantitative estimate of drug-likeness (QED) is 0.459. The van der Waals surface area contributed by atoms with Crippen molar-refractivity contribution < 1.29 is 4.74 Å². The van der Waals surface area contributed by atoms with Gasteiger partial charge in [-0.25, -0.2) is 14.3 Å². The van der Waals surface area contributed by atoms with Gasteiger partial charge in [0.25, 0.3) is 0 Å². The zero-order chi connectivity index (χ0) is 16.9. The maximum atomic E-state index is 5.21. The van der Waals surface area contributed by atoms with Crippen LogP contribution in [-0.4, -0.2) is 53.8 Å². The van der Waals surface area contributed by atoms with Crippen LogP contribution in [-0.2, 0) is 0 Å². The lowest BCUT2D eigenvalue weighted by Crippen LogP contribution is -2.44.